The summed E-state index contributed by atoms with van der Waals surface area (Å²) in [4.78, 5) is 19.4. The number of aromatic nitrogens is 1. The van der Waals surface area contributed by atoms with Crippen molar-refractivity contribution in [3.63, 3.8) is 0 Å². The lowest BCUT2D eigenvalue weighted by Gasteiger charge is -2.37. The van der Waals surface area contributed by atoms with E-state index in [2.05, 4.69) is 28.2 Å². The van der Waals surface area contributed by atoms with Crippen LogP contribution in [0.15, 0.2) is 47.0 Å². The summed E-state index contributed by atoms with van der Waals surface area (Å²) in [6.07, 6.45) is 7.24. The van der Waals surface area contributed by atoms with Gasteiger partial charge in [-0.1, -0.05) is 13.0 Å². The predicted molar refractivity (Wildman–Crippen MR) is 124 cm³/mol. The van der Waals surface area contributed by atoms with Crippen molar-refractivity contribution in [3.05, 3.63) is 59.6 Å². The first kappa shape index (κ1) is 21.0. The van der Waals surface area contributed by atoms with Gasteiger partial charge >= 0.3 is 0 Å². The van der Waals surface area contributed by atoms with Crippen LogP contribution in [0.1, 0.15) is 43.2 Å². The van der Waals surface area contributed by atoms with Crippen LogP contribution in [0.5, 0.6) is 5.75 Å². The lowest BCUT2D eigenvalue weighted by Crippen LogP contribution is -2.50. The summed E-state index contributed by atoms with van der Waals surface area (Å²) in [6, 6.07) is 12.1. The first-order valence-electron chi connectivity index (χ1n) is 11.7. The molecule has 0 radical (unpaired) electrons. The number of carbonyl (C=O) groups excluding carboxylic acids is 1. The lowest BCUT2D eigenvalue weighted by molar-refractivity contribution is -0.124. The van der Waals surface area contributed by atoms with Gasteiger partial charge in [0.1, 0.15) is 17.1 Å². The van der Waals surface area contributed by atoms with Crippen LogP contribution in [0.4, 0.5) is 0 Å². The van der Waals surface area contributed by atoms with Crippen molar-refractivity contribution in [2.24, 2.45) is 5.92 Å². The topological polar surface area (TPSA) is 67.6 Å². The van der Waals surface area contributed by atoms with Crippen LogP contribution in [-0.4, -0.2) is 41.5 Å². The van der Waals surface area contributed by atoms with E-state index >= 15 is 0 Å². The second-order valence-corrected chi connectivity index (χ2v) is 9.15. The van der Waals surface area contributed by atoms with Gasteiger partial charge in [-0.25, -0.2) is 0 Å². The summed E-state index contributed by atoms with van der Waals surface area (Å²) >= 11 is 0. The van der Waals surface area contributed by atoms with E-state index in [0.29, 0.717) is 5.92 Å². The molecule has 3 aromatic rings. The Hall–Kier alpha value is -2.86. The molecule has 1 aromatic carbocycles. The molecular formula is C26H31N3O3. The van der Waals surface area contributed by atoms with Gasteiger partial charge in [-0.15, -0.1) is 0 Å². The van der Waals surface area contributed by atoms with Crippen LogP contribution in [-0.2, 0) is 24.2 Å². The quantitative estimate of drug-likeness (QED) is 0.634. The third kappa shape index (κ3) is 4.65. The van der Waals surface area contributed by atoms with Gasteiger partial charge in [-0.3, -0.25) is 14.7 Å². The molecule has 0 spiro atoms. The Balaban J connectivity index is 1.13. The maximum Gasteiger partial charge on any atom is 0.258 e. The monoisotopic (exact) mass is 433 g/mol. The van der Waals surface area contributed by atoms with Crippen molar-refractivity contribution in [3.8, 4) is 5.75 Å². The number of ether oxygens (including phenoxy) is 1. The number of amides is 1. The van der Waals surface area contributed by atoms with E-state index in [1.807, 2.05) is 36.5 Å². The zero-order valence-electron chi connectivity index (χ0n) is 18.7. The number of pyridine rings is 1. The second kappa shape index (κ2) is 9.33. The second-order valence-electron chi connectivity index (χ2n) is 9.15. The Morgan fingerprint density at radius 3 is 3.00 bits per heavy atom. The molecule has 1 saturated heterocycles. The molecule has 1 N–H and O–H groups in total. The Morgan fingerprint density at radius 1 is 1.25 bits per heavy atom. The van der Waals surface area contributed by atoms with Crippen molar-refractivity contribution >= 4 is 16.9 Å². The average Bonchev–Trinajstić information content (AvgIpc) is 3.18. The van der Waals surface area contributed by atoms with Crippen LogP contribution in [0.2, 0.25) is 0 Å². The van der Waals surface area contributed by atoms with E-state index in [4.69, 9.17) is 9.15 Å². The molecule has 0 bridgehead atoms. The zero-order valence-corrected chi connectivity index (χ0v) is 18.7. The number of benzene rings is 1. The van der Waals surface area contributed by atoms with Crippen LogP contribution in [0.25, 0.3) is 11.0 Å². The maximum absolute atomic E-state index is 12.6. The molecule has 1 fully saturated rings. The van der Waals surface area contributed by atoms with Gasteiger partial charge in [0.05, 0.1) is 5.69 Å². The highest BCUT2D eigenvalue weighted by molar-refractivity contribution is 5.84. The highest BCUT2D eigenvalue weighted by Gasteiger charge is 2.27. The van der Waals surface area contributed by atoms with Gasteiger partial charge in [0, 0.05) is 49.2 Å². The number of furan rings is 1. The number of aryl methyl sites for hydroxylation is 2. The SMILES string of the molecule is CC1CN(Cc2ccccn2)CCC1NC(=O)COc1ccc2oc3c(c2c1)CCCC3. The number of hydrogen-bond acceptors (Lipinski definition) is 5. The molecular weight excluding hydrogens is 402 g/mol. The Bertz CT molecular complexity index is 1080. The lowest BCUT2D eigenvalue weighted by atomic mass is 9.93. The first-order chi connectivity index (χ1) is 15.7. The number of piperidine rings is 1. The highest BCUT2D eigenvalue weighted by atomic mass is 16.5. The maximum atomic E-state index is 12.6. The predicted octanol–water partition coefficient (Wildman–Crippen LogP) is 4.11. The van der Waals surface area contributed by atoms with Gasteiger partial charge in [-0.2, -0.15) is 0 Å². The van der Waals surface area contributed by atoms with Crippen molar-refractivity contribution in [1.29, 1.82) is 0 Å². The fraction of sp³-hybridized carbons (Fsp3) is 0.462. The number of likely N-dealkylation sites (tertiary alicyclic amines) is 1. The average molecular weight is 434 g/mol. The summed E-state index contributed by atoms with van der Waals surface area (Å²) in [5, 5.41) is 4.31. The van der Waals surface area contributed by atoms with E-state index < -0.39 is 0 Å². The molecule has 5 rings (SSSR count). The largest absolute Gasteiger partial charge is 0.484 e. The summed E-state index contributed by atoms with van der Waals surface area (Å²) < 4.78 is 11.8. The number of nitrogens with one attached hydrogen (secondary N) is 1. The molecule has 3 heterocycles. The molecule has 0 saturated carbocycles. The fourth-order valence-electron chi connectivity index (χ4n) is 5.04. The van der Waals surface area contributed by atoms with Crippen molar-refractivity contribution in [2.45, 2.75) is 51.6 Å². The Kier molecular flexibility index (Phi) is 6.12. The van der Waals surface area contributed by atoms with Gasteiger partial charge < -0.3 is 14.5 Å². The van der Waals surface area contributed by atoms with Crippen LogP contribution in [0.3, 0.4) is 0 Å². The third-order valence-electron chi connectivity index (χ3n) is 6.74. The van der Waals surface area contributed by atoms with Gasteiger partial charge in [-0.05, 0) is 61.9 Å². The minimum absolute atomic E-state index is 0.0341. The van der Waals surface area contributed by atoms with Gasteiger partial charge in [0.15, 0.2) is 6.61 Å². The zero-order chi connectivity index (χ0) is 21.9. The third-order valence-corrected chi connectivity index (χ3v) is 6.74. The molecule has 1 amide bonds. The summed E-state index contributed by atoms with van der Waals surface area (Å²) in [5.41, 5.74) is 3.32. The Labute approximate surface area is 189 Å². The van der Waals surface area contributed by atoms with Gasteiger partial charge in [0.25, 0.3) is 5.91 Å². The van der Waals surface area contributed by atoms with Crippen molar-refractivity contribution in [2.75, 3.05) is 19.7 Å². The van der Waals surface area contributed by atoms with E-state index in [0.717, 1.165) is 67.1 Å². The molecule has 1 aliphatic carbocycles. The van der Waals surface area contributed by atoms with E-state index in [-0.39, 0.29) is 18.6 Å². The molecule has 2 aliphatic rings. The van der Waals surface area contributed by atoms with Crippen molar-refractivity contribution < 1.29 is 13.9 Å². The minimum Gasteiger partial charge on any atom is -0.484 e. The molecule has 2 aromatic heterocycles. The molecule has 168 valence electrons. The normalized spacial score (nSPS) is 21.3. The first-order valence-corrected chi connectivity index (χ1v) is 11.7. The molecule has 6 heteroatoms. The minimum atomic E-state index is -0.0608. The standard InChI is InChI=1S/C26H31N3O3/c1-18-15-29(16-19-6-4-5-12-27-19)13-11-23(18)28-26(30)17-31-20-9-10-25-22(14-20)21-7-2-3-8-24(21)32-25/h4-6,9-10,12,14,18,23H,2-3,7-8,11,13,15-17H2,1H3,(H,28,30). The number of nitrogens with zero attached hydrogens (tertiary/aromatic N) is 2. The molecule has 32 heavy (non-hydrogen) atoms. The van der Waals surface area contributed by atoms with Crippen molar-refractivity contribution in [1.82, 2.24) is 15.2 Å². The summed E-state index contributed by atoms with van der Waals surface area (Å²) in [6.45, 7) is 4.99. The molecule has 1 aliphatic heterocycles. The number of fused-ring (bicyclic) bond motifs is 3. The highest BCUT2D eigenvalue weighted by Crippen LogP contribution is 2.34. The molecule has 2 atom stereocenters. The molecule has 2 unspecified atom stereocenters. The van der Waals surface area contributed by atoms with Crippen LogP contribution >= 0.6 is 0 Å². The summed E-state index contributed by atoms with van der Waals surface area (Å²) in [5.74, 6) is 2.16. The smallest absolute Gasteiger partial charge is 0.258 e. The van der Waals surface area contributed by atoms with E-state index in [1.54, 1.807) is 0 Å². The Morgan fingerprint density at radius 2 is 2.16 bits per heavy atom. The fourth-order valence-corrected chi connectivity index (χ4v) is 5.04. The summed E-state index contributed by atoms with van der Waals surface area (Å²) in [7, 11) is 0. The number of carbonyl (C=O) groups is 1. The van der Waals surface area contributed by atoms with Crippen LogP contribution < -0.4 is 10.1 Å². The number of hydrogen-bond donors (Lipinski definition) is 1. The van der Waals surface area contributed by atoms with E-state index in [1.165, 1.54) is 18.4 Å². The molecule has 6 nitrogen and oxygen atoms in total. The number of rotatable bonds is 6. The van der Waals surface area contributed by atoms with Crippen LogP contribution in [0, 0.1) is 5.92 Å². The van der Waals surface area contributed by atoms with E-state index in [9.17, 15) is 4.79 Å². The van der Waals surface area contributed by atoms with Gasteiger partial charge in [0.2, 0.25) is 0 Å².